The zero-order chi connectivity index (χ0) is 18.7. The lowest BCUT2D eigenvalue weighted by atomic mass is 10.0. The molecule has 0 radical (unpaired) electrons. The van der Waals surface area contributed by atoms with Gasteiger partial charge in [-0.25, -0.2) is 4.98 Å². The number of aryl methyl sites for hydroxylation is 1. The number of rotatable bonds is 6. The molecule has 1 aromatic carbocycles. The third-order valence-electron chi connectivity index (χ3n) is 4.43. The van der Waals surface area contributed by atoms with Gasteiger partial charge in [0, 0.05) is 18.8 Å². The van der Waals surface area contributed by atoms with Crippen LogP contribution >= 0.6 is 0 Å². The van der Waals surface area contributed by atoms with Crippen molar-refractivity contribution in [3.05, 3.63) is 47.2 Å². The van der Waals surface area contributed by atoms with Crippen LogP contribution in [0.4, 0.5) is 5.82 Å². The van der Waals surface area contributed by atoms with Crippen LogP contribution in [0.2, 0.25) is 0 Å². The smallest absolute Gasteiger partial charge is 0.303 e. The van der Waals surface area contributed by atoms with Gasteiger partial charge in [0.15, 0.2) is 11.5 Å². The molecule has 2 aromatic rings. The van der Waals surface area contributed by atoms with E-state index in [2.05, 4.69) is 9.71 Å². The summed E-state index contributed by atoms with van der Waals surface area (Å²) in [7, 11) is -0.537. The van der Waals surface area contributed by atoms with E-state index in [-0.39, 0.29) is 6.54 Å². The van der Waals surface area contributed by atoms with Crippen LogP contribution in [-0.2, 0) is 29.6 Å². The van der Waals surface area contributed by atoms with E-state index in [1.54, 1.807) is 26.4 Å². The Hall–Kier alpha value is -2.32. The van der Waals surface area contributed by atoms with Crippen LogP contribution in [0.15, 0.2) is 30.3 Å². The molecule has 0 unspecified atom stereocenters. The molecule has 0 saturated heterocycles. The second kappa shape index (κ2) is 7.51. The van der Waals surface area contributed by atoms with Gasteiger partial charge in [-0.05, 0) is 48.2 Å². The third kappa shape index (κ3) is 3.76. The van der Waals surface area contributed by atoms with Gasteiger partial charge < -0.3 is 9.47 Å². The lowest BCUT2D eigenvalue weighted by Gasteiger charge is -2.29. The monoisotopic (exact) mass is 377 g/mol. The van der Waals surface area contributed by atoms with Crippen LogP contribution in [0.5, 0.6) is 11.5 Å². The summed E-state index contributed by atoms with van der Waals surface area (Å²) in [5.74, 6) is 1.58. The van der Waals surface area contributed by atoms with Gasteiger partial charge in [0.25, 0.3) is 0 Å². The highest BCUT2D eigenvalue weighted by atomic mass is 32.2. The van der Waals surface area contributed by atoms with Crippen molar-refractivity contribution in [1.82, 2.24) is 9.29 Å². The molecular weight excluding hydrogens is 354 g/mol. The SMILES string of the molecule is CCc1cccc(NS(=O)(=O)N2CCc3cc(OC)c(OC)cc3C2)n1. The maximum atomic E-state index is 12.8. The Labute approximate surface area is 154 Å². The molecule has 3 rings (SSSR count). The number of methoxy groups -OCH3 is 2. The van der Waals surface area contributed by atoms with Crippen molar-refractivity contribution in [3.63, 3.8) is 0 Å². The van der Waals surface area contributed by atoms with E-state index in [4.69, 9.17) is 9.47 Å². The number of aromatic nitrogens is 1. The molecule has 1 aliphatic heterocycles. The maximum absolute atomic E-state index is 12.8. The molecule has 0 saturated carbocycles. The predicted molar refractivity (Wildman–Crippen MR) is 99.8 cm³/mol. The molecule has 0 atom stereocenters. The molecule has 1 N–H and O–H groups in total. The molecule has 1 aliphatic rings. The highest BCUT2D eigenvalue weighted by molar-refractivity contribution is 7.90. The maximum Gasteiger partial charge on any atom is 0.303 e. The van der Waals surface area contributed by atoms with Crippen molar-refractivity contribution < 1.29 is 17.9 Å². The van der Waals surface area contributed by atoms with Gasteiger partial charge in [-0.15, -0.1) is 0 Å². The predicted octanol–water partition coefficient (Wildman–Crippen LogP) is 2.38. The van der Waals surface area contributed by atoms with E-state index >= 15 is 0 Å². The molecule has 8 heteroatoms. The fourth-order valence-corrected chi connectivity index (χ4v) is 4.14. The molecule has 1 aromatic heterocycles. The Bertz CT molecular complexity index is 899. The number of pyridine rings is 1. The second-order valence-corrected chi connectivity index (χ2v) is 7.70. The van der Waals surface area contributed by atoms with Crippen LogP contribution in [-0.4, -0.2) is 38.5 Å². The molecule has 26 heavy (non-hydrogen) atoms. The number of ether oxygens (including phenoxy) is 2. The first-order valence-electron chi connectivity index (χ1n) is 8.44. The standard InChI is InChI=1S/C18H23N3O4S/c1-4-15-6-5-7-18(19-15)20-26(22,23)21-9-8-13-10-16(24-2)17(25-3)11-14(13)12-21/h5-7,10-11H,4,8-9,12H2,1-3H3,(H,19,20). The van der Waals surface area contributed by atoms with Gasteiger partial charge in [0.2, 0.25) is 0 Å². The van der Waals surface area contributed by atoms with E-state index in [9.17, 15) is 8.42 Å². The van der Waals surface area contributed by atoms with Crippen molar-refractivity contribution in [2.45, 2.75) is 26.3 Å². The molecule has 0 bridgehead atoms. The summed E-state index contributed by atoms with van der Waals surface area (Å²) in [6, 6.07) is 9.08. The van der Waals surface area contributed by atoms with E-state index in [1.807, 2.05) is 25.1 Å². The van der Waals surface area contributed by atoms with Gasteiger partial charge in [-0.1, -0.05) is 13.0 Å². The van der Waals surface area contributed by atoms with E-state index in [1.165, 1.54) is 4.31 Å². The molecular formula is C18H23N3O4S. The largest absolute Gasteiger partial charge is 0.493 e. The minimum atomic E-state index is -3.69. The van der Waals surface area contributed by atoms with E-state index < -0.39 is 10.2 Å². The van der Waals surface area contributed by atoms with Gasteiger partial charge in [-0.3, -0.25) is 4.72 Å². The molecule has 0 amide bonds. The number of nitrogens with zero attached hydrogens (tertiary/aromatic N) is 2. The second-order valence-electron chi connectivity index (χ2n) is 6.03. The van der Waals surface area contributed by atoms with E-state index in [0.717, 1.165) is 23.2 Å². The normalized spacial score (nSPS) is 14.6. The van der Waals surface area contributed by atoms with Crippen molar-refractivity contribution in [1.29, 1.82) is 0 Å². The number of hydrogen-bond donors (Lipinski definition) is 1. The average Bonchev–Trinajstić information content (AvgIpc) is 2.66. The molecule has 140 valence electrons. The van der Waals surface area contributed by atoms with Crippen molar-refractivity contribution in [2.24, 2.45) is 0 Å². The first-order valence-corrected chi connectivity index (χ1v) is 9.88. The van der Waals surface area contributed by atoms with Crippen molar-refractivity contribution in [3.8, 4) is 11.5 Å². The Kier molecular flexibility index (Phi) is 5.33. The summed E-state index contributed by atoms with van der Waals surface area (Å²) < 4.78 is 40.2. The molecule has 0 aliphatic carbocycles. The molecule has 0 spiro atoms. The fourth-order valence-electron chi connectivity index (χ4n) is 2.99. The summed E-state index contributed by atoms with van der Waals surface area (Å²) >= 11 is 0. The summed E-state index contributed by atoms with van der Waals surface area (Å²) in [6.45, 7) is 2.65. The number of nitrogens with one attached hydrogen (secondary N) is 1. The van der Waals surface area contributed by atoms with Gasteiger partial charge in [0.05, 0.1) is 14.2 Å². The summed E-state index contributed by atoms with van der Waals surface area (Å²) in [5, 5.41) is 0. The zero-order valence-electron chi connectivity index (χ0n) is 15.2. The van der Waals surface area contributed by atoms with Crippen LogP contribution in [0.25, 0.3) is 0 Å². The Morgan fingerprint density at radius 1 is 1.15 bits per heavy atom. The minimum Gasteiger partial charge on any atom is -0.493 e. The lowest BCUT2D eigenvalue weighted by Crippen LogP contribution is -2.39. The van der Waals surface area contributed by atoms with Gasteiger partial charge >= 0.3 is 10.2 Å². The Balaban J connectivity index is 1.82. The summed E-state index contributed by atoms with van der Waals surface area (Å²) in [4.78, 5) is 4.31. The van der Waals surface area contributed by atoms with E-state index in [0.29, 0.717) is 30.3 Å². The Morgan fingerprint density at radius 2 is 1.85 bits per heavy atom. The van der Waals surface area contributed by atoms with Crippen LogP contribution in [0.3, 0.4) is 0 Å². The van der Waals surface area contributed by atoms with Gasteiger partial charge in [0.1, 0.15) is 5.82 Å². The molecule has 2 heterocycles. The number of fused-ring (bicyclic) bond motifs is 1. The highest BCUT2D eigenvalue weighted by Gasteiger charge is 2.28. The number of benzene rings is 1. The summed E-state index contributed by atoms with van der Waals surface area (Å²) in [5.41, 5.74) is 2.82. The number of anilines is 1. The molecule has 0 fully saturated rings. The van der Waals surface area contributed by atoms with Crippen molar-refractivity contribution in [2.75, 3.05) is 25.5 Å². The quantitative estimate of drug-likeness (QED) is 0.836. The first-order chi connectivity index (χ1) is 12.5. The Morgan fingerprint density at radius 3 is 2.50 bits per heavy atom. The van der Waals surface area contributed by atoms with Crippen LogP contribution in [0.1, 0.15) is 23.7 Å². The lowest BCUT2D eigenvalue weighted by molar-refractivity contribution is 0.349. The topological polar surface area (TPSA) is 80.8 Å². The third-order valence-corrected chi connectivity index (χ3v) is 5.88. The van der Waals surface area contributed by atoms with Gasteiger partial charge in [-0.2, -0.15) is 12.7 Å². The number of hydrogen-bond acceptors (Lipinski definition) is 5. The minimum absolute atomic E-state index is 0.276. The molecule has 7 nitrogen and oxygen atoms in total. The first kappa shape index (κ1) is 18.5. The van der Waals surface area contributed by atoms with Crippen LogP contribution in [0, 0.1) is 0 Å². The fraction of sp³-hybridized carbons (Fsp3) is 0.389. The highest BCUT2D eigenvalue weighted by Crippen LogP contribution is 2.33. The zero-order valence-corrected chi connectivity index (χ0v) is 16.0. The average molecular weight is 377 g/mol. The summed E-state index contributed by atoms with van der Waals surface area (Å²) in [6.07, 6.45) is 1.35. The van der Waals surface area contributed by atoms with Crippen molar-refractivity contribution >= 4 is 16.0 Å². The van der Waals surface area contributed by atoms with Crippen LogP contribution < -0.4 is 14.2 Å².